The molecule has 0 heterocycles. The van der Waals surface area contributed by atoms with E-state index in [-0.39, 0.29) is 0 Å². The molecule has 0 unspecified atom stereocenters. The van der Waals surface area contributed by atoms with Crippen molar-refractivity contribution in [3.05, 3.63) is 28.3 Å². The summed E-state index contributed by atoms with van der Waals surface area (Å²) in [5.74, 6) is 0. The largest absolute Gasteiger partial charge is 0.398 e. The fourth-order valence-electron chi connectivity index (χ4n) is 0.914. The first-order valence-electron chi connectivity index (χ1n) is 3.22. The van der Waals surface area contributed by atoms with Crippen molar-refractivity contribution in [1.82, 2.24) is 0 Å². The van der Waals surface area contributed by atoms with Crippen molar-refractivity contribution < 1.29 is 0 Å². The maximum Gasteiger partial charge on any atom is 0.0443 e. The molecule has 0 aliphatic carbocycles. The van der Waals surface area contributed by atoms with Gasteiger partial charge in [0.1, 0.15) is 0 Å². The van der Waals surface area contributed by atoms with E-state index in [0.717, 1.165) is 5.56 Å². The quantitative estimate of drug-likeness (QED) is 0.490. The Labute approximate surface area is 70.5 Å². The molecule has 58 valence electrons. The van der Waals surface area contributed by atoms with Crippen LogP contribution in [0.1, 0.15) is 11.1 Å². The van der Waals surface area contributed by atoms with E-state index in [1.807, 2.05) is 6.92 Å². The molecule has 11 heavy (non-hydrogen) atoms. The summed E-state index contributed by atoms with van der Waals surface area (Å²) in [5, 5.41) is 7.71. The van der Waals surface area contributed by atoms with E-state index in [1.165, 1.54) is 6.21 Å². The Bertz CT molecular complexity index is 294. The van der Waals surface area contributed by atoms with Crippen molar-refractivity contribution in [2.75, 3.05) is 5.73 Å². The van der Waals surface area contributed by atoms with Crippen molar-refractivity contribution in [3.63, 3.8) is 0 Å². The summed E-state index contributed by atoms with van der Waals surface area (Å²) >= 11 is 5.81. The van der Waals surface area contributed by atoms with Gasteiger partial charge in [0, 0.05) is 22.5 Å². The van der Waals surface area contributed by atoms with E-state index >= 15 is 0 Å². The molecule has 2 nitrogen and oxygen atoms in total. The van der Waals surface area contributed by atoms with Gasteiger partial charge in [-0.1, -0.05) is 11.6 Å². The molecular weight excluding hydrogens is 160 g/mol. The lowest BCUT2D eigenvalue weighted by molar-refractivity contribution is 1.43. The summed E-state index contributed by atoms with van der Waals surface area (Å²) < 4.78 is 0. The Hall–Kier alpha value is -1.02. The average Bonchev–Trinajstić information content (AvgIpc) is 1.99. The zero-order valence-corrected chi connectivity index (χ0v) is 6.94. The first kappa shape index (κ1) is 8.08. The lowest BCUT2D eigenvalue weighted by Gasteiger charge is -2.04. The average molecular weight is 169 g/mol. The molecule has 0 radical (unpaired) electrons. The summed E-state index contributed by atoms with van der Waals surface area (Å²) in [5.41, 5.74) is 7.76. The van der Waals surface area contributed by atoms with Gasteiger partial charge in [-0.05, 0) is 24.6 Å². The highest BCUT2D eigenvalue weighted by molar-refractivity contribution is 6.31. The summed E-state index contributed by atoms with van der Waals surface area (Å²) in [7, 11) is 0. The first-order chi connectivity index (χ1) is 5.16. The van der Waals surface area contributed by atoms with Gasteiger partial charge in [0.25, 0.3) is 0 Å². The highest BCUT2D eigenvalue weighted by Crippen LogP contribution is 2.22. The Morgan fingerprint density at radius 2 is 2.18 bits per heavy atom. The van der Waals surface area contributed by atoms with Crippen LogP contribution in [0.15, 0.2) is 12.1 Å². The number of hydrogen-bond acceptors (Lipinski definition) is 2. The SMILES string of the molecule is Cc1c(Cl)ccc(N)c1C=N. The predicted octanol–water partition coefficient (Wildman–Crippen LogP) is 2.23. The van der Waals surface area contributed by atoms with Gasteiger partial charge in [0.15, 0.2) is 0 Å². The molecule has 0 aliphatic rings. The standard InChI is InChI=1S/C8H9ClN2/c1-5-6(4-10)8(11)3-2-7(5)9/h2-4,10H,11H2,1H3. The number of nitrogens with two attached hydrogens (primary N) is 1. The number of hydrogen-bond donors (Lipinski definition) is 2. The normalized spacial score (nSPS) is 9.64. The molecule has 0 atom stereocenters. The van der Waals surface area contributed by atoms with Crippen molar-refractivity contribution in [2.45, 2.75) is 6.92 Å². The van der Waals surface area contributed by atoms with Crippen LogP contribution in [0.3, 0.4) is 0 Å². The van der Waals surface area contributed by atoms with Gasteiger partial charge in [-0.2, -0.15) is 0 Å². The number of benzene rings is 1. The van der Waals surface area contributed by atoms with Crippen LogP contribution in [0.25, 0.3) is 0 Å². The fourth-order valence-corrected chi connectivity index (χ4v) is 1.08. The minimum absolute atomic E-state index is 0.599. The zero-order chi connectivity index (χ0) is 8.43. The third-order valence-electron chi connectivity index (χ3n) is 1.63. The molecule has 0 aliphatic heterocycles. The Balaban J connectivity index is 3.40. The van der Waals surface area contributed by atoms with E-state index in [2.05, 4.69) is 0 Å². The maximum atomic E-state index is 7.06. The number of nitrogens with one attached hydrogen (secondary N) is 1. The highest BCUT2D eigenvalue weighted by atomic mass is 35.5. The van der Waals surface area contributed by atoms with Crippen molar-refractivity contribution in [2.24, 2.45) is 0 Å². The van der Waals surface area contributed by atoms with Crippen LogP contribution >= 0.6 is 11.6 Å². The molecule has 0 spiro atoms. The molecule has 3 N–H and O–H groups in total. The monoisotopic (exact) mass is 168 g/mol. The smallest absolute Gasteiger partial charge is 0.0443 e. The van der Waals surface area contributed by atoms with Crippen LogP contribution in [-0.4, -0.2) is 6.21 Å². The second-order valence-corrected chi connectivity index (χ2v) is 2.73. The number of halogens is 1. The topological polar surface area (TPSA) is 49.9 Å². The predicted molar refractivity (Wildman–Crippen MR) is 48.5 cm³/mol. The summed E-state index contributed by atoms with van der Waals surface area (Å²) in [4.78, 5) is 0. The Morgan fingerprint density at radius 3 is 2.64 bits per heavy atom. The van der Waals surface area contributed by atoms with Crippen LogP contribution in [0, 0.1) is 12.3 Å². The molecule has 1 aromatic rings. The number of nitrogen functional groups attached to an aromatic ring is 1. The molecule has 1 aromatic carbocycles. The van der Waals surface area contributed by atoms with E-state index in [0.29, 0.717) is 16.3 Å². The highest BCUT2D eigenvalue weighted by Gasteiger charge is 2.02. The summed E-state index contributed by atoms with van der Waals surface area (Å²) in [6, 6.07) is 3.44. The minimum Gasteiger partial charge on any atom is -0.398 e. The van der Waals surface area contributed by atoms with Crippen LogP contribution in [0.5, 0.6) is 0 Å². The zero-order valence-electron chi connectivity index (χ0n) is 6.19. The molecule has 3 heteroatoms. The maximum absolute atomic E-state index is 7.06. The molecule has 0 amide bonds. The van der Waals surface area contributed by atoms with E-state index in [4.69, 9.17) is 22.7 Å². The van der Waals surface area contributed by atoms with Gasteiger partial charge < -0.3 is 11.1 Å². The second-order valence-electron chi connectivity index (χ2n) is 2.32. The minimum atomic E-state index is 0.599. The van der Waals surface area contributed by atoms with Crippen molar-refractivity contribution >= 4 is 23.5 Å². The molecular formula is C8H9ClN2. The van der Waals surface area contributed by atoms with E-state index < -0.39 is 0 Å². The fraction of sp³-hybridized carbons (Fsp3) is 0.125. The van der Waals surface area contributed by atoms with Gasteiger partial charge in [0.05, 0.1) is 0 Å². The van der Waals surface area contributed by atoms with Crippen molar-refractivity contribution in [1.29, 1.82) is 5.41 Å². The Kier molecular flexibility index (Phi) is 2.15. The Morgan fingerprint density at radius 1 is 1.55 bits per heavy atom. The number of rotatable bonds is 1. The lowest BCUT2D eigenvalue weighted by Crippen LogP contribution is -1.95. The van der Waals surface area contributed by atoms with Gasteiger partial charge in [-0.15, -0.1) is 0 Å². The number of anilines is 1. The van der Waals surface area contributed by atoms with Gasteiger partial charge >= 0.3 is 0 Å². The third kappa shape index (κ3) is 1.35. The molecule has 0 saturated heterocycles. The molecule has 0 saturated carbocycles. The van der Waals surface area contributed by atoms with E-state index in [9.17, 15) is 0 Å². The van der Waals surface area contributed by atoms with Gasteiger partial charge in [0.2, 0.25) is 0 Å². The van der Waals surface area contributed by atoms with Crippen LogP contribution in [-0.2, 0) is 0 Å². The molecule has 1 rings (SSSR count). The van der Waals surface area contributed by atoms with Gasteiger partial charge in [-0.25, -0.2) is 0 Å². The summed E-state index contributed by atoms with van der Waals surface area (Å²) in [6.45, 7) is 1.85. The lowest BCUT2D eigenvalue weighted by atomic mass is 10.1. The molecule has 0 bridgehead atoms. The molecule has 0 fully saturated rings. The van der Waals surface area contributed by atoms with Crippen LogP contribution < -0.4 is 5.73 Å². The first-order valence-corrected chi connectivity index (χ1v) is 3.59. The van der Waals surface area contributed by atoms with Gasteiger partial charge in [-0.3, -0.25) is 0 Å². The van der Waals surface area contributed by atoms with E-state index in [1.54, 1.807) is 12.1 Å². The van der Waals surface area contributed by atoms with Crippen molar-refractivity contribution in [3.8, 4) is 0 Å². The second kappa shape index (κ2) is 2.93. The third-order valence-corrected chi connectivity index (χ3v) is 2.04. The molecule has 0 aromatic heterocycles. The summed E-state index contributed by atoms with van der Waals surface area (Å²) in [6.07, 6.45) is 1.22. The van der Waals surface area contributed by atoms with Crippen LogP contribution in [0.4, 0.5) is 5.69 Å². The van der Waals surface area contributed by atoms with Crippen LogP contribution in [0.2, 0.25) is 5.02 Å².